The number of primary amides is 1. The number of benzene rings is 1. The second-order valence-corrected chi connectivity index (χ2v) is 8.00. The maximum absolute atomic E-state index is 12.7. The van der Waals surface area contributed by atoms with Crippen molar-refractivity contribution in [3.05, 3.63) is 35.9 Å². The standard InChI is InChI=1S/C23H35N3O3/c1-2-3-4-5-9-14-21(27)26-15-10-13-19(17-26)23(29)25-20(22(24)28)16-18-11-7-6-8-12-18/h6-8,11-12,19-20H,2-5,9-10,13-17H2,1H3,(H2,24,28)(H,25,29)/t19-,20-/m0/s1. The average molecular weight is 402 g/mol. The largest absolute Gasteiger partial charge is 0.368 e. The number of nitrogens with two attached hydrogens (primary N) is 1. The number of piperidine rings is 1. The molecule has 1 aliphatic heterocycles. The number of hydrogen-bond donors (Lipinski definition) is 2. The molecule has 1 aliphatic rings. The van der Waals surface area contributed by atoms with Crippen LogP contribution in [0.4, 0.5) is 0 Å². The van der Waals surface area contributed by atoms with E-state index in [1.54, 1.807) is 0 Å². The molecule has 0 radical (unpaired) electrons. The Morgan fingerprint density at radius 2 is 1.86 bits per heavy atom. The first-order valence-electron chi connectivity index (χ1n) is 10.9. The van der Waals surface area contributed by atoms with Gasteiger partial charge in [-0.25, -0.2) is 0 Å². The first kappa shape index (κ1) is 22.9. The van der Waals surface area contributed by atoms with Crippen LogP contribution in [-0.4, -0.2) is 41.8 Å². The highest BCUT2D eigenvalue weighted by Gasteiger charge is 2.30. The average Bonchev–Trinajstić information content (AvgIpc) is 2.73. The van der Waals surface area contributed by atoms with Gasteiger partial charge in [-0.05, 0) is 24.8 Å². The van der Waals surface area contributed by atoms with Gasteiger partial charge >= 0.3 is 0 Å². The topological polar surface area (TPSA) is 92.5 Å². The van der Waals surface area contributed by atoms with Crippen LogP contribution in [0.1, 0.15) is 63.9 Å². The SMILES string of the molecule is CCCCCCCC(=O)N1CCC[C@H](C(=O)N[C@@H](Cc2ccccc2)C(N)=O)C1. The highest BCUT2D eigenvalue weighted by atomic mass is 16.2. The van der Waals surface area contributed by atoms with E-state index in [4.69, 9.17) is 5.73 Å². The molecule has 1 saturated heterocycles. The highest BCUT2D eigenvalue weighted by Crippen LogP contribution is 2.19. The summed E-state index contributed by atoms with van der Waals surface area (Å²) in [5, 5.41) is 2.81. The summed E-state index contributed by atoms with van der Waals surface area (Å²) in [6, 6.07) is 8.76. The Morgan fingerprint density at radius 3 is 2.55 bits per heavy atom. The van der Waals surface area contributed by atoms with Gasteiger partial charge in [0.1, 0.15) is 6.04 Å². The Balaban J connectivity index is 1.84. The molecular weight excluding hydrogens is 366 g/mol. The number of likely N-dealkylation sites (tertiary alicyclic amines) is 1. The van der Waals surface area contributed by atoms with Gasteiger partial charge in [-0.1, -0.05) is 62.9 Å². The number of nitrogens with zero attached hydrogens (tertiary/aromatic N) is 1. The second kappa shape index (κ2) is 12.2. The number of rotatable bonds is 11. The van der Waals surface area contributed by atoms with E-state index in [0.717, 1.165) is 31.2 Å². The molecule has 1 fully saturated rings. The fraction of sp³-hybridized carbons (Fsp3) is 0.609. The molecule has 1 aromatic carbocycles. The predicted octanol–water partition coefficient (Wildman–Crippen LogP) is 2.80. The van der Waals surface area contributed by atoms with Crippen LogP contribution >= 0.6 is 0 Å². The lowest BCUT2D eigenvalue weighted by molar-refractivity contribution is -0.137. The Labute approximate surface area is 174 Å². The van der Waals surface area contributed by atoms with Crippen molar-refractivity contribution in [3.8, 4) is 0 Å². The lowest BCUT2D eigenvalue weighted by Gasteiger charge is -2.33. The third-order valence-electron chi connectivity index (χ3n) is 5.58. The Kier molecular flexibility index (Phi) is 9.68. The third-order valence-corrected chi connectivity index (χ3v) is 5.58. The monoisotopic (exact) mass is 401 g/mol. The van der Waals surface area contributed by atoms with E-state index >= 15 is 0 Å². The molecule has 160 valence electrons. The molecule has 2 atom stereocenters. The first-order valence-corrected chi connectivity index (χ1v) is 10.9. The van der Waals surface area contributed by atoms with Crippen LogP contribution in [0.2, 0.25) is 0 Å². The number of carbonyl (C=O) groups is 3. The van der Waals surface area contributed by atoms with Crippen LogP contribution < -0.4 is 11.1 Å². The molecule has 0 unspecified atom stereocenters. The Bertz CT molecular complexity index is 663. The lowest BCUT2D eigenvalue weighted by atomic mass is 9.95. The van der Waals surface area contributed by atoms with E-state index in [0.29, 0.717) is 25.9 Å². The van der Waals surface area contributed by atoms with Crippen LogP contribution in [0, 0.1) is 5.92 Å². The molecule has 0 spiro atoms. The fourth-order valence-electron chi connectivity index (χ4n) is 3.82. The normalized spacial score (nSPS) is 17.6. The quantitative estimate of drug-likeness (QED) is 0.559. The summed E-state index contributed by atoms with van der Waals surface area (Å²) in [5.41, 5.74) is 6.45. The fourth-order valence-corrected chi connectivity index (χ4v) is 3.82. The summed E-state index contributed by atoms with van der Waals surface area (Å²) in [4.78, 5) is 38.9. The minimum absolute atomic E-state index is 0.134. The van der Waals surface area contributed by atoms with Crippen LogP contribution in [0.25, 0.3) is 0 Å². The van der Waals surface area contributed by atoms with E-state index in [1.165, 1.54) is 19.3 Å². The number of carbonyl (C=O) groups excluding carboxylic acids is 3. The number of hydrogen-bond acceptors (Lipinski definition) is 3. The van der Waals surface area contributed by atoms with E-state index in [2.05, 4.69) is 12.2 Å². The van der Waals surface area contributed by atoms with Crippen molar-refractivity contribution in [2.24, 2.45) is 11.7 Å². The van der Waals surface area contributed by atoms with E-state index in [-0.39, 0.29) is 17.7 Å². The Hall–Kier alpha value is -2.37. The van der Waals surface area contributed by atoms with Crippen LogP contribution in [0.5, 0.6) is 0 Å². The number of unbranched alkanes of at least 4 members (excludes halogenated alkanes) is 4. The molecule has 0 aliphatic carbocycles. The summed E-state index contributed by atoms with van der Waals surface area (Å²) < 4.78 is 0. The third kappa shape index (κ3) is 7.87. The van der Waals surface area contributed by atoms with Crippen molar-refractivity contribution < 1.29 is 14.4 Å². The molecule has 1 heterocycles. The Morgan fingerprint density at radius 1 is 1.14 bits per heavy atom. The van der Waals surface area contributed by atoms with Gasteiger partial charge in [0.05, 0.1) is 5.92 Å². The molecule has 6 heteroatoms. The summed E-state index contributed by atoms with van der Waals surface area (Å²) in [6.07, 6.45) is 8.01. The smallest absolute Gasteiger partial charge is 0.240 e. The van der Waals surface area contributed by atoms with Gasteiger partial charge < -0.3 is 16.0 Å². The number of amides is 3. The zero-order chi connectivity index (χ0) is 21.1. The predicted molar refractivity (Wildman–Crippen MR) is 114 cm³/mol. The van der Waals surface area contributed by atoms with Gasteiger partial charge in [0, 0.05) is 25.9 Å². The molecule has 2 rings (SSSR count). The first-order chi connectivity index (χ1) is 14.0. The van der Waals surface area contributed by atoms with Gasteiger partial charge in [-0.3, -0.25) is 14.4 Å². The minimum Gasteiger partial charge on any atom is -0.368 e. The van der Waals surface area contributed by atoms with Gasteiger partial charge in [0.2, 0.25) is 17.7 Å². The molecule has 0 bridgehead atoms. The molecule has 0 aromatic heterocycles. The van der Waals surface area contributed by atoms with Crippen molar-refractivity contribution in [3.63, 3.8) is 0 Å². The van der Waals surface area contributed by atoms with Crippen LogP contribution in [0.15, 0.2) is 30.3 Å². The molecule has 29 heavy (non-hydrogen) atoms. The van der Waals surface area contributed by atoms with Crippen molar-refractivity contribution >= 4 is 17.7 Å². The van der Waals surface area contributed by atoms with Crippen molar-refractivity contribution in [1.29, 1.82) is 0 Å². The summed E-state index contributed by atoms with van der Waals surface area (Å²) in [6.45, 7) is 3.31. The number of nitrogens with one attached hydrogen (secondary N) is 1. The van der Waals surface area contributed by atoms with Crippen LogP contribution in [-0.2, 0) is 20.8 Å². The zero-order valence-electron chi connectivity index (χ0n) is 17.6. The molecule has 3 amide bonds. The minimum atomic E-state index is -0.741. The van der Waals surface area contributed by atoms with Gasteiger partial charge in [-0.15, -0.1) is 0 Å². The summed E-state index contributed by atoms with van der Waals surface area (Å²) in [5.74, 6) is -0.886. The van der Waals surface area contributed by atoms with E-state index in [9.17, 15) is 14.4 Å². The maximum Gasteiger partial charge on any atom is 0.240 e. The van der Waals surface area contributed by atoms with Crippen LogP contribution in [0.3, 0.4) is 0 Å². The maximum atomic E-state index is 12.7. The zero-order valence-corrected chi connectivity index (χ0v) is 17.6. The molecule has 3 N–H and O–H groups in total. The second-order valence-electron chi connectivity index (χ2n) is 8.00. The lowest BCUT2D eigenvalue weighted by Crippen LogP contribution is -2.51. The van der Waals surface area contributed by atoms with Gasteiger partial charge in [0.15, 0.2) is 0 Å². The molecular formula is C23H35N3O3. The molecule has 6 nitrogen and oxygen atoms in total. The van der Waals surface area contributed by atoms with Crippen molar-refractivity contribution in [2.45, 2.75) is 70.8 Å². The van der Waals surface area contributed by atoms with Crippen molar-refractivity contribution in [1.82, 2.24) is 10.2 Å². The van der Waals surface area contributed by atoms with Crippen molar-refractivity contribution in [2.75, 3.05) is 13.1 Å². The molecule has 0 saturated carbocycles. The summed E-state index contributed by atoms with van der Waals surface area (Å²) >= 11 is 0. The molecule has 1 aromatic rings. The van der Waals surface area contributed by atoms with Gasteiger partial charge in [-0.2, -0.15) is 0 Å². The highest BCUT2D eigenvalue weighted by molar-refractivity contribution is 5.88. The van der Waals surface area contributed by atoms with E-state index < -0.39 is 11.9 Å². The summed E-state index contributed by atoms with van der Waals surface area (Å²) in [7, 11) is 0. The van der Waals surface area contributed by atoms with Gasteiger partial charge in [0.25, 0.3) is 0 Å². The van der Waals surface area contributed by atoms with E-state index in [1.807, 2.05) is 35.2 Å².